The van der Waals surface area contributed by atoms with E-state index in [4.69, 9.17) is 0 Å². The molecule has 20 heavy (non-hydrogen) atoms. The monoisotopic (exact) mass is 317 g/mol. The van der Waals surface area contributed by atoms with E-state index in [-0.39, 0.29) is 0 Å². The molecular formula is C13H23N3O2S2. The Morgan fingerprint density at radius 3 is 3.00 bits per heavy atom. The molecule has 114 valence electrons. The van der Waals surface area contributed by atoms with E-state index in [2.05, 4.69) is 21.9 Å². The smallest absolute Gasteiger partial charge is 0.250 e. The van der Waals surface area contributed by atoms with Gasteiger partial charge in [-0.3, -0.25) is 4.90 Å². The summed E-state index contributed by atoms with van der Waals surface area (Å²) in [4.78, 5) is 2.34. The van der Waals surface area contributed by atoms with Crippen LogP contribution in [0.25, 0.3) is 0 Å². The Hall–Kier alpha value is -0.470. The zero-order chi connectivity index (χ0) is 14.6. The maximum atomic E-state index is 12.3. The van der Waals surface area contributed by atoms with E-state index in [9.17, 15) is 8.42 Å². The maximum Gasteiger partial charge on any atom is 0.250 e. The molecule has 0 saturated carbocycles. The van der Waals surface area contributed by atoms with Gasteiger partial charge in [-0.2, -0.15) is 0 Å². The maximum absolute atomic E-state index is 12.3. The molecule has 1 aliphatic heterocycles. The molecule has 2 heterocycles. The topological polar surface area (TPSA) is 61.4 Å². The van der Waals surface area contributed by atoms with Gasteiger partial charge in [0.1, 0.15) is 4.21 Å². The Bertz CT molecular complexity index is 527. The Morgan fingerprint density at radius 2 is 2.30 bits per heavy atom. The van der Waals surface area contributed by atoms with Crippen LogP contribution in [-0.4, -0.2) is 46.0 Å². The highest BCUT2D eigenvalue weighted by atomic mass is 32.2. The molecule has 0 spiro atoms. The fraction of sp³-hybridized carbons (Fsp3) is 0.692. The summed E-state index contributed by atoms with van der Waals surface area (Å²) in [5, 5.41) is 4.91. The molecule has 0 amide bonds. The fourth-order valence-electron chi connectivity index (χ4n) is 2.61. The molecule has 2 rings (SSSR count). The van der Waals surface area contributed by atoms with Gasteiger partial charge < -0.3 is 5.32 Å². The number of rotatable bonds is 7. The molecule has 7 heteroatoms. The zero-order valence-electron chi connectivity index (χ0n) is 12.1. The van der Waals surface area contributed by atoms with Crippen LogP contribution >= 0.6 is 11.3 Å². The molecule has 1 aromatic heterocycles. The number of thiophene rings is 1. The molecule has 1 aromatic rings. The second kappa shape index (κ2) is 7.00. The van der Waals surface area contributed by atoms with E-state index < -0.39 is 10.0 Å². The van der Waals surface area contributed by atoms with Gasteiger partial charge in [-0.1, -0.05) is 6.92 Å². The predicted octanol–water partition coefficient (Wildman–Crippen LogP) is 1.23. The van der Waals surface area contributed by atoms with Crippen molar-refractivity contribution >= 4 is 21.4 Å². The van der Waals surface area contributed by atoms with Crippen LogP contribution in [-0.2, 0) is 16.6 Å². The van der Waals surface area contributed by atoms with Gasteiger partial charge in [0.05, 0.1) is 0 Å². The van der Waals surface area contributed by atoms with E-state index in [1.807, 2.05) is 12.4 Å². The van der Waals surface area contributed by atoms with Gasteiger partial charge in [-0.05, 0) is 50.0 Å². The van der Waals surface area contributed by atoms with E-state index in [0.29, 0.717) is 23.3 Å². The molecule has 1 saturated heterocycles. The lowest BCUT2D eigenvalue weighted by atomic mass is 10.2. The summed E-state index contributed by atoms with van der Waals surface area (Å²) in [5.74, 6) is 0. The number of likely N-dealkylation sites (N-methyl/N-ethyl adjacent to an activating group) is 1. The SMILES string of the molecule is CCN1CCCC1CNS(=O)(=O)c1cc(CNC)cs1. The minimum Gasteiger partial charge on any atom is -0.316 e. The highest BCUT2D eigenvalue weighted by molar-refractivity contribution is 7.91. The van der Waals surface area contributed by atoms with Crippen LogP contribution in [0.2, 0.25) is 0 Å². The Balaban J connectivity index is 1.96. The van der Waals surface area contributed by atoms with Crippen molar-refractivity contribution in [1.82, 2.24) is 14.9 Å². The van der Waals surface area contributed by atoms with Crippen molar-refractivity contribution in [3.63, 3.8) is 0 Å². The van der Waals surface area contributed by atoms with Gasteiger partial charge in [0.25, 0.3) is 0 Å². The van der Waals surface area contributed by atoms with Crippen molar-refractivity contribution in [1.29, 1.82) is 0 Å². The van der Waals surface area contributed by atoms with Crippen LogP contribution < -0.4 is 10.0 Å². The Morgan fingerprint density at radius 1 is 1.50 bits per heavy atom. The Labute approximate surface area is 125 Å². The van der Waals surface area contributed by atoms with E-state index in [1.165, 1.54) is 11.3 Å². The van der Waals surface area contributed by atoms with Gasteiger partial charge in [0.2, 0.25) is 10.0 Å². The molecule has 0 radical (unpaired) electrons. The first-order valence-corrected chi connectivity index (χ1v) is 9.39. The summed E-state index contributed by atoms with van der Waals surface area (Å²) in [6.45, 7) is 5.38. The lowest BCUT2D eigenvalue weighted by Gasteiger charge is -2.22. The van der Waals surface area contributed by atoms with Crippen molar-refractivity contribution in [3.8, 4) is 0 Å². The minimum atomic E-state index is -3.36. The van der Waals surface area contributed by atoms with Crippen LogP contribution in [0.3, 0.4) is 0 Å². The van der Waals surface area contributed by atoms with Crippen LogP contribution in [0.1, 0.15) is 25.3 Å². The summed E-state index contributed by atoms with van der Waals surface area (Å²) in [7, 11) is -1.51. The first kappa shape index (κ1) is 15.9. The lowest BCUT2D eigenvalue weighted by molar-refractivity contribution is 0.268. The summed E-state index contributed by atoms with van der Waals surface area (Å²) in [6.07, 6.45) is 2.23. The van der Waals surface area contributed by atoms with Gasteiger partial charge >= 0.3 is 0 Å². The minimum absolute atomic E-state index is 0.339. The molecule has 1 atom stereocenters. The van der Waals surface area contributed by atoms with Crippen LogP contribution in [0.5, 0.6) is 0 Å². The van der Waals surface area contributed by atoms with Crippen molar-refractivity contribution in [2.45, 2.75) is 36.6 Å². The van der Waals surface area contributed by atoms with Crippen LogP contribution in [0.15, 0.2) is 15.7 Å². The van der Waals surface area contributed by atoms with Crippen molar-refractivity contribution < 1.29 is 8.42 Å². The summed E-state index contributed by atoms with van der Waals surface area (Å²) in [6, 6.07) is 2.09. The molecule has 1 fully saturated rings. The van der Waals surface area contributed by atoms with E-state index >= 15 is 0 Å². The average molecular weight is 317 g/mol. The molecule has 2 N–H and O–H groups in total. The molecular weight excluding hydrogens is 294 g/mol. The van der Waals surface area contributed by atoms with Gasteiger partial charge in [-0.15, -0.1) is 11.3 Å². The van der Waals surface area contributed by atoms with E-state index in [1.54, 1.807) is 6.07 Å². The van der Waals surface area contributed by atoms with Crippen LogP contribution in [0, 0.1) is 0 Å². The third kappa shape index (κ3) is 3.79. The van der Waals surface area contributed by atoms with Crippen molar-refractivity contribution in [2.75, 3.05) is 26.7 Å². The summed E-state index contributed by atoms with van der Waals surface area (Å²) in [5.41, 5.74) is 1.01. The molecule has 0 aliphatic carbocycles. The third-order valence-corrected chi connectivity index (χ3v) is 6.60. The van der Waals surface area contributed by atoms with Gasteiger partial charge in [0, 0.05) is 19.1 Å². The summed E-state index contributed by atoms with van der Waals surface area (Å²) >= 11 is 1.28. The standard InChI is InChI=1S/C13H23N3O2S2/c1-3-16-6-4-5-12(16)9-15-20(17,18)13-7-11(8-14-2)10-19-13/h7,10,12,14-15H,3-6,8-9H2,1-2H3. The van der Waals surface area contributed by atoms with Crippen molar-refractivity contribution in [2.24, 2.45) is 0 Å². The molecule has 0 aromatic carbocycles. The lowest BCUT2D eigenvalue weighted by Crippen LogP contribution is -2.39. The zero-order valence-corrected chi connectivity index (χ0v) is 13.7. The molecule has 5 nitrogen and oxygen atoms in total. The molecule has 0 bridgehead atoms. The second-order valence-corrected chi connectivity index (χ2v) is 7.99. The fourth-order valence-corrected chi connectivity index (χ4v) is 4.94. The number of hydrogen-bond donors (Lipinski definition) is 2. The summed E-state index contributed by atoms with van der Waals surface area (Å²) < 4.78 is 27.7. The number of nitrogens with zero attached hydrogens (tertiary/aromatic N) is 1. The highest BCUT2D eigenvalue weighted by Gasteiger charge is 2.25. The quantitative estimate of drug-likeness (QED) is 0.794. The number of hydrogen-bond acceptors (Lipinski definition) is 5. The van der Waals surface area contributed by atoms with Gasteiger partial charge in [0.15, 0.2) is 0 Å². The Kier molecular flexibility index (Phi) is 5.57. The van der Waals surface area contributed by atoms with Crippen LogP contribution in [0.4, 0.5) is 0 Å². The first-order valence-electron chi connectivity index (χ1n) is 7.02. The number of likely N-dealkylation sites (tertiary alicyclic amines) is 1. The third-order valence-electron chi connectivity index (χ3n) is 3.69. The molecule has 1 unspecified atom stereocenters. The normalized spacial score (nSPS) is 20.6. The largest absolute Gasteiger partial charge is 0.316 e. The predicted molar refractivity (Wildman–Crippen MR) is 82.5 cm³/mol. The van der Waals surface area contributed by atoms with Gasteiger partial charge in [-0.25, -0.2) is 13.1 Å². The highest BCUT2D eigenvalue weighted by Crippen LogP contribution is 2.21. The second-order valence-electron chi connectivity index (χ2n) is 5.08. The number of sulfonamides is 1. The van der Waals surface area contributed by atoms with Crippen molar-refractivity contribution in [3.05, 3.63) is 17.0 Å². The first-order chi connectivity index (χ1) is 9.56. The van der Waals surface area contributed by atoms with E-state index in [0.717, 1.165) is 31.5 Å². The average Bonchev–Trinajstić information content (AvgIpc) is 3.05. The number of nitrogens with one attached hydrogen (secondary N) is 2. The molecule has 1 aliphatic rings.